The molecule has 2 aromatic rings. The van der Waals surface area contributed by atoms with Crippen LogP contribution in [0.25, 0.3) is 0 Å². The maximum absolute atomic E-state index is 12.2. The molecule has 0 aliphatic rings. The second kappa shape index (κ2) is 5.65. The van der Waals surface area contributed by atoms with E-state index in [1.165, 1.54) is 0 Å². The van der Waals surface area contributed by atoms with Crippen LogP contribution in [0.2, 0.25) is 0 Å². The number of aromatic hydroxyl groups is 1. The van der Waals surface area contributed by atoms with Gasteiger partial charge in [-0.15, -0.1) is 0 Å². The third kappa shape index (κ3) is 2.74. The largest absolute Gasteiger partial charge is 0.508 e. The third-order valence-corrected chi connectivity index (χ3v) is 3.22. The number of methoxy groups -OCH3 is 1. The normalized spacial score (nSPS) is 10.2. The van der Waals surface area contributed by atoms with Crippen LogP contribution in [0.15, 0.2) is 36.4 Å². The molecule has 4 heteroatoms. The molecule has 1 amide bonds. The number of anilines is 1. The lowest BCUT2D eigenvalue weighted by atomic mass is 10.1. The number of phenolic OH excluding ortho intramolecular Hbond substituents is 1. The average Bonchev–Trinajstić information content (AvgIpc) is 2.44. The van der Waals surface area contributed by atoms with Crippen molar-refractivity contribution in [3.05, 3.63) is 53.1 Å². The van der Waals surface area contributed by atoms with Gasteiger partial charge in [0.15, 0.2) is 0 Å². The number of rotatable bonds is 3. The summed E-state index contributed by atoms with van der Waals surface area (Å²) in [5, 5.41) is 12.4. The molecule has 0 saturated carbocycles. The molecule has 2 rings (SSSR count). The number of amides is 1. The van der Waals surface area contributed by atoms with E-state index in [-0.39, 0.29) is 11.7 Å². The van der Waals surface area contributed by atoms with Crippen molar-refractivity contribution >= 4 is 11.6 Å². The lowest BCUT2D eigenvalue weighted by Crippen LogP contribution is -2.13. The van der Waals surface area contributed by atoms with Gasteiger partial charge in [-0.1, -0.05) is 12.1 Å². The summed E-state index contributed by atoms with van der Waals surface area (Å²) in [6.07, 6.45) is 0. The summed E-state index contributed by atoms with van der Waals surface area (Å²) in [6.45, 7) is 3.67. The Hall–Kier alpha value is -2.49. The summed E-state index contributed by atoms with van der Waals surface area (Å²) < 4.78 is 5.21. The molecule has 0 aliphatic heterocycles. The molecule has 20 heavy (non-hydrogen) atoms. The van der Waals surface area contributed by atoms with E-state index in [0.717, 1.165) is 5.56 Å². The molecule has 0 spiro atoms. The predicted molar refractivity (Wildman–Crippen MR) is 78.5 cm³/mol. The van der Waals surface area contributed by atoms with Gasteiger partial charge in [-0.25, -0.2) is 0 Å². The fourth-order valence-electron chi connectivity index (χ4n) is 1.91. The molecule has 0 atom stereocenters. The summed E-state index contributed by atoms with van der Waals surface area (Å²) in [6, 6.07) is 10.3. The number of nitrogens with one attached hydrogen (secondary N) is 1. The Morgan fingerprint density at radius 1 is 1.20 bits per heavy atom. The van der Waals surface area contributed by atoms with Crippen LogP contribution in [0.1, 0.15) is 21.5 Å². The topological polar surface area (TPSA) is 58.6 Å². The number of ether oxygens (including phenoxy) is 1. The smallest absolute Gasteiger partial charge is 0.255 e. The lowest BCUT2D eigenvalue weighted by Gasteiger charge is -2.11. The highest BCUT2D eigenvalue weighted by Gasteiger charge is 2.11. The van der Waals surface area contributed by atoms with Crippen molar-refractivity contribution in [3.63, 3.8) is 0 Å². The average molecular weight is 271 g/mol. The Morgan fingerprint density at radius 2 is 1.95 bits per heavy atom. The van der Waals surface area contributed by atoms with E-state index in [0.29, 0.717) is 22.6 Å². The van der Waals surface area contributed by atoms with Crippen molar-refractivity contribution in [2.24, 2.45) is 0 Å². The summed E-state index contributed by atoms with van der Waals surface area (Å²) in [4.78, 5) is 12.2. The summed E-state index contributed by atoms with van der Waals surface area (Å²) in [7, 11) is 1.57. The van der Waals surface area contributed by atoms with Gasteiger partial charge >= 0.3 is 0 Å². The number of benzene rings is 2. The van der Waals surface area contributed by atoms with Crippen LogP contribution < -0.4 is 10.1 Å². The molecule has 0 radical (unpaired) electrons. The van der Waals surface area contributed by atoms with E-state index in [1.807, 2.05) is 13.0 Å². The highest BCUT2D eigenvalue weighted by Crippen LogP contribution is 2.25. The second-order valence-corrected chi connectivity index (χ2v) is 4.59. The Kier molecular flexibility index (Phi) is 3.94. The SMILES string of the molecule is COc1cc(C(=O)Nc2cccc(O)c2C)ccc1C. The van der Waals surface area contributed by atoms with Crippen LogP contribution in [-0.4, -0.2) is 18.1 Å². The zero-order valence-electron chi connectivity index (χ0n) is 11.7. The minimum atomic E-state index is -0.239. The molecule has 2 aromatic carbocycles. The van der Waals surface area contributed by atoms with Crippen molar-refractivity contribution in [1.29, 1.82) is 0 Å². The van der Waals surface area contributed by atoms with Crippen molar-refractivity contribution < 1.29 is 14.6 Å². The molecule has 0 unspecified atom stereocenters. The van der Waals surface area contributed by atoms with Crippen LogP contribution in [0.4, 0.5) is 5.69 Å². The van der Waals surface area contributed by atoms with Gasteiger partial charge in [0.1, 0.15) is 11.5 Å². The number of hydrogen-bond acceptors (Lipinski definition) is 3. The van der Waals surface area contributed by atoms with Gasteiger partial charge in [0.05, 0.1) is 7.11 Å². The summed E-state index contributed by atoms with van der Waals surface area (Å²) in [5.74, 6) is 0.589. The maximum Gasteiger partial charge on any atom is 0.255 e. The molecule has 0 aliphatic carbocycles. The van der Waals surface area contributed by atoms with E-state index in [9.17, 15) is 9.90 Å². The maximum atomic E-state index is 12.2. The molecule has 0 heterocycles. The van der Waals surface area contributed by atoms with Crippen molar-refractivity contribution in [2.45, 2.75) is 13.8 Å². The van der Waals surface area contributed by atoms with Gasteiger partial charge in [0.25, 0.3) is 5.91 Å². The molecule has 0 fully saturated rings. The highest BCUT2D eigenvalue weighted by molar-refractivity contribution is 6.05. The van der Waals surface area contributed by atoms with Crippen molar-refractivity contribution in [1.82, 2.24) is 0 Å². The molecule has 0 saturated heterocycles. The minimum Gasteiger partial charge on any atom is -0.508 e. The van der Waals surface area contributed by atoms with E-state index in [2.05, 4.69) is 5.32 Å². The van der Waals surface area contributed by atoms with Crippen molar-refractivity contribution in [2.75, 3.05) is 12.4 Å². The molecule has 4 nitrogen and oxygen atoms in total. The van der Waals surface area contributed by atoms with Gasteiger partial charge in [0.2, 0.25) is 0 Å². The van der Waals surface area contributed by atoms with Crippen LogP contribution in [0, 0.1) is 13.8 Å². The Bertz CT molecular complexity index is 650. The van der Waals surface area contributed by atoms with Crippen LogP contribution in [0.5, 0.6) is 11.5 Å². The highest BCUT2D eigenvalue weighted by atomic mass is 16.5. The number of phenols is 1. The fourth-order valence-corrected chi connectivity index (χ4v) is 1.91. The first-order chi connectivity index (χ1) is 9.52. The standard InChI is InChI=1S/C16H17NO3/c1-10-7-8-12(9-15(10)20-3)16(19)17-13-5-4-6-14(18)11(13)2/h4-9,18H,1-3H3,(H,17,19). The first-order valence-corrected chi connectivity index (χ1v) is 6.27. The fraction of sp³-hybridized carbons (Fsp3) is 0.188. The number of hydrogen-bond donors (Lipinski definition) is 2. The first kappa shape index (κ1) is 13.9. The third-order valence-electron chi connectivity index (χ3n) is 3.22. The Balaban J connectivity index is 2.26. The van der Waals surface area contributed by atoms with E-state index >= 15 is 0 Å². The van der Waals surface area contributed by atoms with Crippen molar-refractivity contribution in [3.8, 4) is 11.5 Å². The zero-order valence-corrected chi connectivity index (χ0v) is 11.7. The van der Waals surface area contributed by atoms with Gasteiger partial charge in [-0.2, -0.15) is 0 Å². The molecular formula is C16H17NO3. The predicted octanol–water partition coefficient (Wildman–Crippen LogP) is 3.27. The van der Waals surface area contributed by atoms with E-state index in [4.69, 9.17) is 4.74 Å². The number of carbonyl (C=O) groups is 1. The Morgan fingerprint density at radius 3 is 2.65 bits per heavy atom. The van der Waals surface area contributed by atoms with Gasteiger partial charge in [-0.05, 0) is 43.7 Å². The number of aryl methyl sites for hydroxylation is 1. The molecule has 2 N–H and O–H groups in total. The molecular weight excluding hydrogens is 254 g/mol. The monoisotopic (exact) mass is 271 g/mol. The van der Waals surface area contributed by atoms with E-state index < -0.39 is 0 Å². The zero-order chi connectivity index (χ0) is 14.7. The van der Waals surface area contributed by atoms with Crippen LogP contribution in [-0.2, 0) is 0 Å². The minimum absolute atomic E-state index is 0.157. The van der Waals surface area contributed by atoms with E-state index in [1.54, 1.807) is 44.4 Å². The molecule has 0 bridgehead atoms. The van der Waals surface area contributed by atoms with Gasteiger partial charge in [-0.3, -0.25) is 4.79 Å². The molecule has 104 valence electrons. The first-order valence-electron chi connectivity index (χ1n) is 6.27. The summed E-state index contributed by atoms with van der Waals surface area (Å²) in [5.41, 5.74) is 2.71. The van der Waals surface area contributed by atoms with Crippen LogP contribution in [0.3, 0.4) is 0 Å². The quantitative estimate of drug-likeness (QED) is 0.900. The van der Waals surface area contributed by atoms with Gasteiger partial charge < -0.3 is 15.2 Å². The van der Waals surface area contributed by atoms with Gasteiger partial charge in [0, 0.05) is 16.8 Å². The lowest BCUT2D eigenvalue weighted by molar-refractivity contribution is 0.102. The number of carbonyl (C=O) groups excluding carboxylic acids is 1. The van der Waals surface area contributed by atoms with Crippen LogP contribution >= 0.6 is 0 Å². The Labute approximate surface area is 118 Å². The summed E-state index contributed by atoms with van der Waals surface area (Å²) >= 11 is 0. The molecule has 0 aromatic heterocycles. The second-order valence-electron chi connectivity index (χ2n) is 4.59.